The van der Waals surface area contributed by atoms with Crippen molar-refractivity contribution in [1.29, 1.82) is 0 Å². The molecular formula is C30H27N3O3S2. The molecule has 0 aliphatic carbocycles. The van der Waals surface area contributed by atoms with Gasteiger partial charge in [0.05, 0.1) is 27.3 Å². The van der Waals surface area contributed by atoms with Gasteiger partial charge in [0.15, 0.2) is 5.13 Å². The minimum atomic E-state index is -3.78. The summed E-state index contributed by atoms with van der Waals surface area (Å²) in [5.74, 6) is -0.246. The summed E-state index contributed by atoms with van der Waals surface area (Å²) in [6.45, 7) is 2.45. The Bertz CT molecular complexity index is 1670. The number of amides is 1. The van der Waals surface area contributed by atoms with Crippen molar-refractivity contribution >= 4 is 48.3 Å². The Balaban J connectivity index is 1.47. The first-order valence-corrected chi connectivity index (χ1v) is 14.5. The summed E-state index contributed by atoms with van der Waals surface area (Å²) in [6.07, 6.45) is 0.921. The van der Waals surface area contributed by atoms with Crippen molar-refractivity contribution in [3.63, 3.8) is 0 Å². The quantitative estimate of drug-likeness (QED) is 0.224. The molecule has 0 bridgehead atoms. The monoisotopic (exact) mass is 541 g/mol. The Morgan fingerprint density at radius 3 is 2.16 bits per heavy atom. The Kier molecular flexibility index (Phi) is 7.26. The number of rotatable bonds is 8. The molecule has 0 fully saturated rings. The minimum Gasteiger partial charge on any atom is -0.279 e. The van der Waals surface area contributed by atoms with E-state index in [-0.39, 0.29) is 10.8 Å². The standard InChI is InChI=1S/C30H27N3O3S2/c1-3-22-14-19-27-28(20-22)37-30(31-27)33(21-23-10-6-4-7-11-23)29(34)24-15-17-26(18-16-24)38(35,36)32(2)25-12-8-5-9-13-25/h4-20H,3,21H2,1-2H3. The zero-order valence-corrected chi connectivity index (χ0v) is 22.7. The second kappa shape index (κ2) is 10.8. The van der Waals surface area contributed by atoms with E-state index in [2.05, 4.69) is 19.1 Å². The first kappa shape index (κ1) is 25.6. The topological polar surface area (TPSA) is 70.6 Å². The molecular weight excluding hydrogens is 514 g/mol. The number of hydrogen-bond donors (Lipinski definition) is 0. The Morgan fingerprint density at radius 2 is 1.50 bits per heavy atom. The van der Waals surface area contributed by atoms with E-state index in [1.807, 2.05) is 42.5 Å². The Labute approximate surface area is 226 Å². The van der Waals surface area contributed by atoms with E-state index in [9.17, 15) is 13.2 Å². The van der Waals surface area contributed by atoms with Gasteiger partial charge in [0.2, 0.25) is 0 Å². The van der Waals surface area contributed by atoms with Gasteiger partial charge in [-0.25, -0.2) is 13.4 Å². The fraction of sp³-hybridized carbons (Fsp3) is 0.133. The molecule has 0 unspecified atom stereocenters. The number of nitrogens with zero attached hydrogens (tertiary/aromatic N) is 3. The highest BCUT2D eigenvalue weighted by Crippen LogP contribution is 2.32. The van der Waals surface area contributed by atoms with E-state index >= 15 is 0 Å². The maximum atomic E-state index is 13.8. The number of carbonyl (C=O) groups is 1. The normalized spacial score (nSPS) is 11.4. The van der Waals surface area contributed by atoms with Crippen LogP contribution in [0, 0.1) is 0 Å². The number of hydrogen-bond acceptors (Lipinski definition) is 5. The van der Waals surface area contributed by atoms with Crippen LogP contribution in [0.2, 0.25) is 0 Å². The van der Waals surface area contributed by atoms with E-state index in [1.165, 1.54) is 40.4 Å². The molecule has 4 aromatic carbocycles. The molecule has 1 aromatic heterocycles. The van der Waals surface area contributed by atoms with Crippen LogP contribution in [0.25, 0.3) is 10.2 Å². The maximum Gasteiger partial charge on any atom is 0.264 e. The summed E-state index contributed by atoms with van der Waals surface area (Å²) >= 11 is 1.48. The fourth-order valence-electron chi connectivity index (χ4n) is 4.14. The van der Waals surface area contributed by atoms with Crippen LogP contribution in [0.1, 0.15) is 28.4 Å². The highest BCUT2D eigenvalue weighted by atomic mass is 32.2. The van der Waals surface area contributed by atoms with Gasteiger partial charge in [-0.3, -0.25) is 14.0 Å². The lowest BCUT2D eigenvalue weighted by Gasteiger charge is -2.21. The third-order valence-corrected chi connectivity index (χ3v) is 9.23. The van der Waals surface area contributed by atoms with Gasteiger partial charge in [-0.2, -0.15) is 0 Å². The summed E-state index contributed by atoms with van der Waals surface area (Å²) in [5, 5.41) is 0.600. The minimum absolute atomic E-state index is 0.113. The number of para-hydroxylation sites is 1. The number of carbonyl (C=O) groups excluding carboxylic acids is 1. The summed E-state index contributed by atoms with van der Waals surface area (Å²) in [6, 6.07) is 30.9. The number of benzene rings is 4. The molecule has 38 heavy (non-hydrogen) atoms. The van der Waals surface area contributed by atoms with Gasteiger partial charge in [-0.1, -0.05) is 72.9 Å². The van der Waals surface area contributed by atoms with E-state index in [4.69, 9.17) is 4.98 Å². The van der Waals surface area contributed by atoms with Crippen molar-refractivity contribution in [2.45, 2.75) is 24.8 Å². The lowest BCUT2D eigenvalue weighted by molar-refractivity contribution is 0.0985. The summed E-state index contributed by atoms with van der Waals surface area (Å²) in [7, 11) is -2.27. The Morgan fingerprint density at radius 1 is 0.842 bits per heavy atom. The van der Waals surface area contributed by atoms with Gasteiger partial charge in [0.1, 0.15) is 0 Å². The zero-order chi connectivity index (χ0) is 26.7. The van der Waals surface area contributed by atoms with Crippen molar-refractivity contribution in [3.05, 3.63) is 120 Å². The molecule has 0 N–H and O–H groups in total. The molecule has 192 valence electrons. The molecule has 6 nitrogen and oxygen atoms in total. The van der Waals surface area contributed by atoms with Crippen molar-refractivity contribution in [2.75, 3.05) is 16.3 Å². The number of aryl methyl sites for hydroxylation is 1. The van der Waals surface area contributed by atoms with Gasteiger partial charge >= 0.3 is 0 Å². The molecule has 0 aliphatic heterocycles. The molecule has 0 radical (unpaired) electrons. The zero-order valence-electron chi connectivity index (χ0n) is 21.1. The molecule has 0 atom stereocenters. The second-order valence-electron chi connectivity index (χ2n) is 8.86. The molecule has 8 heteroatoms. The van der Waals surface area contributed by atoms with Crippen molar-refractivity contribution in [2.24, 2.45) is 0 Å². The van der Waals surface area contributed by atoms with Gasteiger partial charge < -0.3 is 0 Å². The second-order valence-corrected chi connectivity index (χ2v) is 11.8. The molecule has 0 aliphatic rings. The van der Waals surface area contributed by atoms with Crippen molar-refractivity contribution < 1.29 is 13.2 Å². The number of sulfonamides is 1. The average molecular weight is 542 g/mol. The summed E-state index contributed by atoms with van der Waals surface area (Å²) in [5.41, 5.74) is 3.97. The number of aromatic nitrogens is 1. The number of anilines is 2. The molecule has 1 heterocycles. The van der Waals surface area contributed by atoms with E-state index in [1.54, 1.807) is 41.3 Å². The number of thiazole rings is 1. The predicted molar refractivity (Wildman–Crippen MR) is 154 cm³/mol. The van der Waals surface area contributed by atoms with Gasteiger partial charge in [0.25, 0.3) is 15.9 Å². The van der Waals surface area contributed by atoms with Crippen LogP contribution in [-0.4, -0.2) is 26.4 Å². The van der Waals surface area contributed by atoms with Gasteiger partial charge in [-0.05, 0) is 66.1 Å². The summed E-state index contributed by atoms with van der Waals surface area (Å²) < 4.78 is 28.6. The largest absolute Gasteiger partial charge is 0.279 e. The maximum absolute atomic E-state index is 13.8. The predicted octanol–water partition coefficient (Wildman–Crippen LogP) is 6.53. The molecule has 5 aromatic rings. The van der Waals surface area contributed by atoms with Crippen molar-refractivity contribution in [1.82, 2.24) is 4.98 Å². The van der Waals surface area contributed by atoms with Gasteiger partial charge in [-0.15, -0.1) is 0 Å². The Hall–Kier alpha value is -4.01. The van der Waals surface area contributed by atoms with Crippen LogP contribution in [0.5, 0.6) is 0 Å². The third-order valence-electron chi connectivity index (χ3n) is 6.39. The van der Waals surface area contributed by atoms with Crippen LogP contribution >= 0.6 is 11.3 Å². The average Bonchev–Trinajstić information content (AvgIpc) is 3.39. The van der Waals surface area contributed by atoms with E-state index < -0.39 is 10.0 Å². The van der Waals surface area contributed by atoms with Crippen LogP contribution < -0.4 is 9.21 Å². The van der Waals surface area contributed by atoms with E-state index in [0.717, 1.165) is 22.2 Å². The van der Waals surface area contributed by atoms with Crippen LogP contribution in [-0.2, 0) is 23.0 Å². The highest BCUT2D eigenvalue weighted by molar-refractivity contribution is 7.92. The van der Waals surface area contributed by atoms with Crippen LogP contribution in [0.4, 0.5) is 10.8 Å². The van der Waals surface area contributed by atoms with Gasteiger partial charge in [0, 0.05) is 12.6 Å². The lowest BCUT2D eigenvalue weighted by Crippen LogP contribution is -2.30. The smallest absolute Gasteiger partial charge is 0.264 e. The molecule has 1 amide bonds. The first-order valence-electron chi connectivity index (χ1n) is 12.3. The number of fused-ring (bicyclic) bond motifs is 1. The fourth-order valence-corrected chi connectivity index (χ4v) is 6.37. The molecule has 0 spiro atoms. The third kappa shape index (κ3) is 5.18. The lowest BCUT2D eigenvalue weighted by atomic mass is 10.1. The van der Waals surface area contributed by atoms with E-state index in [0.29, 0.717) is 22.9 Å². The van der Waals surface area contributed by atoms with Crippen molar-refractivity contribution in [3.8, 4) is 0 Å². The first-order chi connectivity index (χ1) is 18.4. The van der Waals surface area contributed by atoms with Crippen LogP contribution in [0.15, 0.2) is 108 Å². The summed E-state index contributed by atoms with van der Waals surface area (Å²) in [4.78, 5) is 20.3. The van der Waals surface area contributed by atoms with Crippen LogP contribution in [0.3, 0.4) is 0 Å². The molecule has 5 rings (SSSR count). The molecule has 0 saturated carbocycles. The highest BCUT2D eigenvalue weighted by Gasteiger charge is 2.25. The SMILES string of the molecule is CCc1ccc2nc(N(Cc3ccccc3)C(=O)c3ccc(S(=O)(=O)N(C)c4ccccc4)cc3)sc2c1. The molecule has 0 saturated heterocycles.